The maximum absolute atomic E-state index is 7.57. The number of aromatic nitrogens is 2. The minimum atomic E-state index is 0.414. The van der Waals surface area contributed by atoms with Crippen LogP contribution in [0.5, 0.6) is 0 Å². The van der Waals surface area contributed by atoms with Crippen LogP contribution >= 0.6 is 0 Å². The summed E-state index contributed by atoms with van der Waals surface area (Å²) in [6.07, 6.45) is 1.66. The maximum atomic E-state index is 7.57. The maximum Gasteiger partial charge on any atom is 0.203 e. The molecule has 0 fully saturated rings. The summed E-state index contributed by atoms with van der Waals surface area (Å²) in [6.45, 7) is 0. The van der Waals surface area contributed by atoms with E-state index in [0.29, 0.717) is 17.5 Å². The van der Waals surface area contributed by atoms with Crippen molar-refractivity contribution in [2.75, 3.05) is 5.12 Å². The largest absolute Gasteiger partial charge is 0.308 e. The lowest BCUT2D eigenvalue weighted by molar-refractivity contribution is 0.637. The summed E-state index contributed by atoms with van der Waals surface area (Å²) in [6, 6.07) is 15.3. The van der Waals surface area contributed by atoms with Crippen molar-refractivity contribution < 1.29 is 0 Å². The molecule has 130 valence electrons. The number of hydrogen-bond acceptors (Lipinski definition) is 9. The van der Waals surface area contributed by atoms with Crippen molar-refractivity contribution in [3.63, 3.8) is 0 Å². The van der Waals surface area contributed by atoms with E-state index in [1.807, 2.05) is 48.5 Å². The number of nitrogens with one attached hydrogen (secondary N) is 5. The molecule has 10 nitrogen and oxygen atoms in total. The fourth-order valence-corrected chi connectivity index (χ4v) is 2.78. The van der Waals surface area contributed by atoms with Gasteiger partial charge in [-0.2, -0.15) is 10.6 Å². The molecule has 0 amide bonds. The fourth-order valence-electron chi connectivity index (χ4n) is 2.78. The fraction of sp³-hybridized carbons (Fsp3) is 0. The summed E-state index contributed by atoms with van der Waals surface area (Å²) in [5.41, 5.74) is 19.2. The second kappa shape index (κ2) is 6.53. The van der Waals surface area contributed by atoms with Crippen LogP contribution in [-0.2, 0) is 0 Å². The molecule has 7 N–H and O–H groups in total. The predicted molar refractivity (Wildman–Crippen MR) is 96.4 cm³/mol. The monoisotopic (exact) mass is 348 g/mol. The van der Waals surface area contributed by atoms with Crippen LogP contribution in [0.4, 0.5) is 5.82 Å². The van der Waals surface area contributed by atoms with Crippen LogP contribution in [0.15, 0.2) is 60.0 Å². The summed E-state index contributed by atoms with van der Waals surface area (Å²) >= 11 is 0. The molecule has 0 unspecified atom stereocenters. The summed E-state index contributed by atoms with van der Waals surface area (Å²) in [5.74, 6) is 7.18. The summed E-state index contributed by atoms with van der Waals surface area (Å²) in [7, 11) is 0. The molecule has 0 saturated carbocycles. The lowest BCUT2D eigenvalue weighted by atomic mass is 10.2. The summed E-state index contributed by atoms with van der Waals surface area (Å²) in [4.78, 5) is 0. The minimum Gasteiger partial charge on any atom is -0.308 e. The van der Waals surface area contributed by atoms with E-state index in [1.54, 1.807) is 6.20 Å². The Hall–Kier alpha value is -3.92. The molecule has 2 aromatic carbocycles. The van der Waals surface area contributed by atoms with Gasteiger partial charge in [-0.05, 0) is 0 Å². The van der Waals surface area contributed by atoms with E-state index in [9.17, 15) is 0 Å². The van der Waals surface area contributed by atoms with Crippen molar-refractivity contribution in [1.82, 2.24) is 31.9 Å². The van der Waals surface area contributed by atoms with Crippen molar-refractivity contribution >= 4 is 28.2 Å². The van der Waals surface area contributed by atoms with Crippen LogP contribution in [0.3, 0.4) is 0 Å². The van der Waals surface area contributed by atoms with Gasteiger partial charge in [0, 0.05) is 21.2 Å². The lowest BCUT2D eigenvalue weighted by Crippen LogP contribution is -2.56. The first-order chi connectivity index (χ1) is 12.8. The van der Waals surface area contributed by atoms with Crippen LogP contribution in [0, 0.1) is 5.53 Å². The van der Waals surface area contributed by atoms with Crippen LogP contribution in [0.1, 0.15) is 0 Å². The molecule has 1 aromatic heterocycles. The topological polar surface area (TPSA) is 139 Å². The lowest BCUT2D eigenvalue weighted by Gasteiger charge is -2.25. The standard InChI is InChI=1S/C16H16N10/c17-20-14-12-7-3-4-8-13(12)15(22-21-14)24-26(25-18)16-11-6-2-1-5-10(11)9-19-23-16/h1-9,18,20-22,24H,17H2. The molecule has 26 heavy (non-hydrogen) atoms. The van der Waals surface area contributed by atoms with E-state index in [1.165, 1.54) is 5.12 Å². The number of rotatable bonds is 5. The van der Waals surface area contributed by atoms with E-state index in [0.717, 1.165) is 21.2 Å². The van der Waals surface area contributed by atoms with E-state index >= 15 is 0 Å². The Morgan fingerprint density at radius 1 is 1.00 bits per heavy atom. The van der Waals surface area contributed by atoms with Gasteiger partial charge in [0.2, 0.25) is 5.82 Å². The number of nitrogens with two attached hydrogens (primary N) is 1. The molecule has 1 aliphatic rings. The normalized spacial score (nSPS) is 12.7. The molecule has 2 heterocycles. The number of benzene rings is 2. The SMILES string of the molecule is N=NN(NC1=c2ccccc2=C(NN)NN1)c1nncc2ccccc12. The summed E-state index contributed by atoms with van der Waals surface area (Å²) in [5, 5.41) is 16.4. The third-order valence-electron chi connectivity index (χ3n) is 3.99. The van der Waals surface area contributed by atoms with Gasteiger partial charge in [-0.1, -0.05) is 53.8 Å². The van der Waals surface area contributed by atoms with E-state index in [4.69, 9.17) is 11.4 Å². The average Bonchev–Trinajstić information content (AvgIpc) is 2.71. The highest BCUT2D eigenvalue weighted by Crippen LogP contribution is 2.22. The van der Waals surface area contributed by atoms with Gasteiger partial charge < -0.3 is 5.43 Å². The first kappa shape index (κ1) is 15.6. The first-order valence-electron chi connectivity index (χ1n) is 7.78. The Labute approximate surface area is 147 Å². The zero-order valence-corrected chi connectivity index (χ0v) is 13.6. The smallest absolute Gasteiger partial charge is 0.203 e. The molecule has 10 heteroatoms. The number of hydrogen-bond donors (Lipinski definition) is 6. The molecule has 0 aliphatic carbocycles. The van der Waals surface area contributed by atoms with Gasteiger partial charge >= 0.3 is 0 Å². The zero-order valence-electron chi connectivity index (χ0n) is 13.6. The highest BCUT2D eigenvalue weighted by atomic mass is 15.8. The third kappa shape index (κ3) is 2.59. The highest BCUT2D eigenvalue weighted by Gasteiger charge is 2.16. The van der Waals surface area contributed by atoms with Crippen molar-refractivity contribution in [2.45, 2.75) is 0 Å². The minimum absolute atomic E-state index is 0.414. The van der Waals surface area contributed by atoms with Crippen molar-refractivity contribution in [3.8, 4) is 0 Å². The van der Waals surface area contributed by atoms with E-state index in [2.05, 4.69) is 37.1 Å². The Bertz CT molecular complexity index is 1090. The quantitative estimate of drug-likeness (QED) is 0.202. The van der Waals surface area contributed by atoms with Gasteiger partial charge in [-0.3, -0.25) is 16.3 Å². The molecule has 1 aliphatic heterocycles. The Morgan fingerprint density at radius 2 is 1.69 bits per heavy atom. The number of nitrogens with zero attached hydrogens (tertiary/aromatic N) is 4. The Morgan fingerprint density at radius 3 is 2.46 bits per heavy atom. The number of fused-ring (bicyclic) bond motifs is 2. The van der Waals surface area contributed by atoms with Crippen LogP contribution in [-0.4, -0.2) is 10.2 Å². The second-order valence-corrected chi connectivity index (χ2v) is 5.47. The van der Waals surface area contributed by atoms with Crippen molar-refractivity contribution in [2.24, 2.45) is 11.1 Å². The first-order valence-corrected chi connectivity index (χ1v) is 7.78. The van der Waals surface area contributed by atoms with Crippen LogP contribution < -0.4 is 43.1 Å². The number of anilines is 1. The van der Waals surface area contributed by atoms with E-state index < -0.39 is 0 Å². The Balaban J connectivity index is 1.82. The van der Waals surface area contributed by atoms with Gasteiger partial charge in [0.05, 0.1) is 6.20 Å². The van der Waals surface area contributed by atoms with Gasteiger partial charge in [0.15, 0.2) is 0 Å². The third-order valence-corrected chi connectivity index (χ3v) is 3.99. The molecule has 0 bridgehead atoms. The average molecular weight is 348 g/mol. The molecular formula is C16H16N10. The highest BCUT2D eigenvalue weighted by molar-refractivity contribution is 5.91. The molecule has 3 aromatic rings. The van der Waals surface area contributed by atoms with Gasteiger partial charge in [-0.15, -0.1) is 10.2 Å². The van der Waals surface area contributed by atoms with E-state index in [-0.39, 0.29) is 0 Å². The number of hydrazine groups is 3. The van der Waals surface area contributed by atoms with Crippen LogP contribution in [0.2, 0.25) is 0 Å². The molecular weight excluding hydrogens is 332 g/mol. The molecule has 0 spiro atoms. The summed E-state index contributed by atoms with van der Waals surface area (Å²) < 4.78 is 0. The molecule has 0 radical (unpaired) electrons. The van der Waals surface area contributed by atoms with Crippen LogP contribution in [0.25, 0.3) is 22.4 Å². The molecule has 4 rings (SSSR count). The molecule has 0 atom stereocenters. The Kier molecular flexibility index (Phi) is 3.92. The molecule has 0 saturated heterocycles. The zero-order chi connectivity index (χ0) is 17.9. The van der Waals surface area contributed by atoms with Crippen molar-refractivity contribution in [1.29, 1.82) is 5.53 Å². The predicted octanol–water partition coefficient (Wildman–Crippen LogP) is -0.711. The van der Waals surface area contributed by atoms with Gasteiger partial charge in [0.1, 0.15) is 11.6 Å². The second-order valence-electron chi connectivity index (χ2n) is 5.47. The van der Waals surface area contributed by atoms with Gasteiger partial charge in [-0.25, -0.2) is 5.84 Å². The van der Waals surface area contributed by atoms with Crippen molar-refractivity contribution in [3.05, 3.63) is 65.2 Å². The van der Waals surface area contributed by atoms with Gasteiger partial charge in [0.25, 0.3) is 0 Å².